The molecule has 1 saturated heterocycles. The molecule has 0 amide bonds. The Balaban J connectivity index is 2.07. The molecule has 0 aliphatic carbocycles. The lowest BCUT2D eigenvalue weighted by atomic mass is 10.0. The average Bonchev–Trinajstić information content (AvgIpc) is 2.92. The fourth-order valence-electron chi connectivity index (χ4n) is 2.30. The van der Waals surface area contributed by atoms with Crippen LogP contribution in [0.25, 0.3) is 0 Å². The van der Waals surface area contributed by atoms with Gasteiger partial charge in [0, 0.05) is 37.6 Å². The topological polar surface area (TPSA) is 59.1 Å². The summed E-state index contributed by atoms with van der Waals surface area (Å²) in [4.78, 5) is 9.00. The summed E-state index contributed by atoms with van der Waals surface area (Å²) < 4.78 is 5.44. The minimum Gasteiger partial charge on any atom is -0.381 e. The van der Waals surface area contributed by atoms with E-state index in [4.69, 9.17) is 4.74 Å². The lowest BCUT2D eigenvalue weighted by molar-refractivity contribution is 0.183. The Labute approximate surface area is 115 Å². The molecule has 2 rings (SSSR count). The number of hydrogen-bond donors (Lipinski definition) is 2. The summed E-state index contributed by atoms with van der Waals surface area (Å²) in [5, 5.41) is 6.74. The van der Waals surface area contributed by atoms with Gasteiger partial charge in [0.25, 0.3) is 0 Å². The first-order valence-corrected chi connectivity index (χ1v) is 7.19. The Morgan fingerprint density at radius 2 is 2.16 bits per heavy atom. The fourth-order valence-corrected chi connectivity index (χ4v) is 2.30. The molecule has 2 atom stereocenters. The maximum Gasteiger partial charge on any atom is 0.132 e. The quantitative estimate of drug-likeness (QED) is 0.825. The van der Waals surface area contributed by atoms with Crippen LogP contribution in [0.4, 0.5) is 11.6 Å². The summed E-state index contributed by atoms with van der Waals surface area (Å²) >= 11 is 0. The minimum absolute atomic E-state index is 0.372. The lowest BCUT2D eigenvalue weighted by Crippen LogP contribution is -2.27. The van der Waals surface area contributed by atoms with Gasteiger partial charge in [0.05, 0.1) is 6.61 Å². The summed E-state index contributed by atoms with van der Waals surface area (Å²) in [5.74, 6) is 3.24. The number of nitrogens with one attached hydrogen (secondary N) is 2. The Kier molecular flexibility index (Phi) is 4.96. The van der Waals surface area contributed by atoms with E-state index in [2.05, 4.69) is 41.4 Å². The molecule has 1 aromatic rings. The molecule has 2 N–H and O–H groups in total. The first-order chi connectivity index (χ1) is 9.22. The Hall–Kier alpha value is -1.36. The van der Waals surface area contributed by atoms with Gasteiger partial charge in [0.1, 0.15) is 17.5 Å². The largest absolute Gasteiger partial charge is 0.381 e. The highest BCUT2D eigenvalue weighted by atomic mass is 16.5. The Bertz CT molecular complexity index is 404. The van der Waals surface area contributed by atoms with E-state index in [0.29, 0.717) is 12.0 Å². The van der Waals surface area contributed by atoms with Crippen LogP contribution in [-0.2, 0) is 11.2 Å². The number of aromatic nitrogens is 2. The third-order valence-corrected chi connectivity index (χ3v) is 3.49. The fraction of sp³-hybridized carbons (Fsp3) is 0.714. The van der Waals surface area contributed by atoms with Crippen LogP contribution in [0.5, 0.6) is 0 Å². The third kappa shape index (κ3) is 3.80. The van der Waals surface area contributed by atoms with Crippen molar-refractivity contribution >= 4 is 11.6 Å². The van der Waals surface area contributed by atoms with Crippen molar-refractivity contribution < 1.29 is 4.74 Å². The molecule has 0 radical (unpaired) electrons. The highest BCUT2D eigenvalue weighted by Crippen LogP contribution is 2.20. The molecule has 1 aromatic heterocycles. The van der Waals surface area contributed by atoms with E-state index < -0.39 is 0 Å². The Morgan fingerprint density at radius 3 is 2.79 bits per heavy atom. The molecule has 0 aromatic carbocycles. The minimum atomic E-state index is 0.372. The van der Waals surface area contributed by atoms with Gasteiger partial charge in [0.15, 0.2) is 0 Å². The number of ether oxygens (including phenoxy) is 1. The van der Waals surface area contributed by atoms with Gasteiger partial charge in [0.2, 0.25) is 0 Å². The summed E-state index contributed by atoms with van der Waals surface area (Å²) in [6.07, 6.45) is 1.97. The summed E-state index contributed by atoms with van der Waals surface area (Å²) in [6.45, 7) is 8.93. The molecule has 1 aliphatic heterocycles. The monoisotopic (exact) mass is 264 g/mol. The lowest BCUT2D eigenvalue weighted by Gasteiger charge is -2.20. The van der Waals surface area contributed by atoms with E-state index >= 15 is 0 Å². The molecule has 0 spiro atoms. The second-order valence-electron chi connectivity index (χ2n) is 5.00. The van der Waals surface area contributed by atoms with Crippen molar-refractivity contribution in [3.63, 3.8) is 0 Å². The molecule has 1 aliphatic rings. The van der Waals surface area contributed by atoms with Crippen molar-refractivity contribution in [1.82, 2.24) is 9.97 Å². The van der Waals surface area contributed by atoms with Crippen LogP contribution in [0.15, 0.2) is 6.07 Å². The second kappa shape index (κ2) is 6.70. The predicted molar refractivity (Wildman–Crippen MR) is 77.6 cm³/mol. The first-order valence-electron chi connectivity index (χ1n) is 7.19. The molecular weight excluding hydrogens is 240 g/mol. The van der Waals surface area contributed by atoms with Gasteiger partial charge in [-0.05, 0) is 20.3 Å². The van der Waals surface area contributed by atoms with Crippen molar-refractivity contribution in [2.24, 2.45) is 5.92 Å². The van der Waals surface area contributed by atoms with Crippen LogP contribution in [0.2, 0.25) is 0 Å². The van der Waals surface area contributed by atoms with E-state index in [1.165, 1.54) is 0 Å². The molecule has 1 fully saturated rings. The molecule has 2 unspecified atom stereocenters. The molecule has 5 nitrogen and oxygen atoms in total. The van der Waals surface area contributed by atoms with Crippen LogP contribution >= 0.6 is 0 Å². The maximum absolute atomic E-state index is 5.44. The van der Waals surface area contributed by atoms with Gasteiger partial charge in [-0.1, -0.05) is 6.92 Å². The van der Waals surface area contributed by atoms with Crippen molar-refractivity contribution in [1.29, 1.82) is 0 Å². The van der Waals surface area contributed by atoms with E-state index in [1.54, 1.807) is 0 Å². The standard InChI is InChI=1S/C14H24N4O/c1-4-12-17-13(15-5-2)8-14(18-12)16-10(3)11-6-7-19-9-11/h8,10-11H,4-7,9H2,1-3H3,(H2,15,16,17,18). The predicted octanol–water partition coefficient (Wildman–Crippen LogP) is 2.31. The number of aryl methyl sites for hydroxylation is 1. The molecule has 19 heavy (non-hydrogen) atoms. The van der Waals surface area contributed by atoms with Crippen LogP contribution in [-0.4, -0.2) is 35.8 Å². The first kappa shape index (κ1) is 14.1. The van der Waals surface area contributed by atoms with E-state index in [-0.39, 0.29) is 0 Å². The van der Waals surface area contributed by atoms with Crippen molar-refractivity contribution in [3.05, 3.63) is 11.9 Å². The van der Waals surface area contributed by atoms with E-state index in [0.717, 1.165) is 50.1 Å². The van der Waals surface area contributed by atoms with Gasteiger partial charge in [-0.3, -0.25) is 0 Å². The van der Waals surface area contributed by atoms with Crippen molar-refractivity contribution in [3.8, 4) is 0 Å². The van der Waals surface area contributed by atoms with Gasteiger partial charge in [-0.25, -0.2) is 9.97 Å². The molecular formula is C14H24N4O. The zero-order valence-electron chi connectivity index (χ0n) is 12.1. The average molecular weight is 264 g/mol. The van der Waals surface area contributed by atoms with Crippen LogP contribution in [0, 0.1) is 5.92 Å². The number of hydrogen-bond acceptors (Lipinski definition) is 5. The van der Waals surface area contributed by atoms with Crippen molar-refractivity contribution in [2.45, 2.75) is 39.7 Å². The molecule has 0 saturated carbocycles. The van der Waals surface area contributed by atoms with Gasteiger partial charge in [-0.15, -0.1) is 0 Å². The van der Waals surface area contributed by atoms with Gasteiger partial charge < -0.3 is 15.4 Å². The Morgan fingerprint density at radius 1 is 1.37 bits per heavy atom. The highest BCUT2D eigenvalue weighted by molar-refractivity contribution is 5.48. The van der Waals surface area contributed by atoms with Gasteiger partial charge >= 0.3 is 0 Å². The number of nitrogens with zero attached hydrogens (tertiary/aromatic N) is 2. The number of anilines is 2. The van der Waals surface area contributed by atoms with Crippen molar-refractivity contribution in [2.75, 3.05) is 30.4 Å². The smallest absolute Gasteiger partial charge is 0.132 e. The van der Waals surface area contributed by atoms with Crippen LogP contribution < -0.4 is 10.6 Å². The summed E-state index contributed by atoms with van der Waals surface area (Å²) in [7, 11) is 0. The number of rotatable bonds is 6. The second-order valence-corrected chi connectivity index (χ2v) is 5.00. The van der Waals surface area contributed by atoms with E-state index in [9.17, 15) is 0 Å². The molecule has 0 bridgehead atoms. The summed E-state index contributed by atoms with van der Waals surface area (Å²) in [5.41, 5.74) is 0. The normalized spacial score (nSPS) is 20.3. The maximum atomic E-state index is 5.44. The molecule has 2 heterocycles. The van der Waals surface area contributed by atoms with Gasteiger partial charge in [-0.2, -0.15) is 0 Å². The van der Waals surface area contributed by atoms with E-state index in [1.807, 2.05) is 6.07 Å². The zero-order chi connectivity index (χ0) is 13.7. The third-order valence-electron chi connectivity index (χ3n) is 3.49. The summed E-state index contributed by atoms with van der Waals surface area (Å²) in [6, 6.07) is 2.35. The van der Waals surface area contributed by atoms with Crippen LogP contribution in [0.3, 0.4) is 0 Å². The SMILES string of the molecule is CCNc1cc(NC(C)C2CCOC2)nc(CC)n1. The molecule has 5 heteroatoms. The highest BCUT2D eigenvalue weighted by Gasteiger charge is 2.22. The van der Waals surface area contributed by atoms with Crippen LogP contribution in [0.1, 0.15) is 33.0 Å². The molecule has 106 valence electrons. The zero-order valence-corrected chi connectivity index (χ0v) is 12.1.